The van der Waals surface area contributed by atoms with E-state index < -0.39 is 12.5 Å². The minimum atomic E-state index is -3.01. The van der Waals surface area contributed by atoms with Crippen molar-refractivity contribution in [2.45, 2.75) is 20.5 Å². The molecule has 0 fully saturated rings. The van der Waals surface area contributed by atoms with Gasteiger partial charge in [0.2, 0.25) is 0 Å². The maximum absolute atomic E-state index is 12.6. The minimum absolute atomic E-state index is 0.00379. The minimum Gasteiger partial charge on any atom is -0.493 e. The van der Waals surface area contributed by atoms with Gasteiger partial charge in [0.05, 0.1) is 18.4 Å². The summed E-state index contributed by atoms with van der Waals surface area (Å²) in [6, 6.07) is 10.4. The number of hydrogen-bond donors (Lipinski definition) is 2. The van der Waals surface area contributed by atoms with Gasteiger partial charge in [0.1, 0.15) is 0 Å². The number of ether oxygens (including phenoxy) is 2. The van der Waals surface area contributed by atoms with E-state index in [2.05, 4.69) is 15.4 Å². The molecule has 0 unspecified atom stereocenters. The Balaban J connectivity index is 2.20. The Morgan fingerprint density at radius 3 is 2.39 bits per heavy atom. The fourth-order valence-electron chi connectivity index (χ4n) is 2.38. The number of amides is 2. The van der Waals surface area contributed by atoms with Crippen LogP contribution in [0.25, 0.3) is 0 Å². The monoisotopic (exact) mass is 392 g/mol. The zero-order chi connectivity index (χ0) is 20.7. The Hall–Kier alpha value is -3.16. The van der Waals surface area contributed by atoms with Crippen LogP contribution in [0, 0.1) is 5.92 Å². The van der Waals surface area contributed by atoms with Crippen LogP contribution in [0.1, 0.15) is 34.6 Å². The van der Waals surface area contributed by atoms with Crippen LogP contribution in [-0.2, 0) is 0 Å². The molecule has 0 saturated heterocycles. The average molecular weight is 392 g/mol. The predicted molar refractivity (Wildman–Crippen MR) is 101 cm³/mol. The Morgan fingerprint density at radius 1 is 1.04 bits per heavy atom. The van der Waals surface area contributed by atoms with Crippen molar-refractivity contribution in [3.8, 4) is 11.5 Å². The zero-order valence-electron chi connectivity index (χ0n) is 15.8. The number of benzene rings is 2. The molecular weight excluding hydrogens is 370 g/mol. The first-order chi connectivity index (χ1) is 13.3. The molecule has 0 radical (unpaired) electrons. The third-order valence-electron chi connectivity index (χ3n) is 3.73. The van der Waals surface area contributed by atoms with Crippen LogP contribution in [0.2, 0.25) is 0 Å². The van der Waals surface area contributed by atoms with Crippen molar-refractivity contribution >= 4 is 17.5 Å². The van der Waals surface area contributed by atoms with E-state index in [-0.39, 0.29) is 28.9 Å². The van der Waals surface area contributed by atoms with Gasteiger partial charge in [-0.15, -0.1) is 0 Å². The van der Waals surface area contributed by atoms with Crippen molar-refractivity contribution in [1.82, 2.24) is 5.32 Å². The van der Waals surface area contributed by atoms with Gasteiger partial charge in [-0.1, -0.05) is 26.0 Å². The fraction of sp³-hybridized carbons (Fsp3) is 0.300. The van der Waals surface area contributed by atoms with Crippen LogP contribution >= 0.6 is 0 Å². The molecule has 28 heavy (non-hydrogen) atoms. The third kappa shape index (κ3) is 5.67. The Bertz CT molecular complexity index is 841. The highest BCUT2D eigenvalue weighted by atomic mass is 19.3. The normalized spacial score (nSPS) is 10.7. The molecule has 6 nitrogen and oxygen atoms in total. The molecule has 2 aromatic carbocycles. The van der Waals surface area contributed by atoms with Gasteiger partial charge in [-0.05, 0) is 36.2 Å². The second kappa shape index (κ2) is 9.68. The number of halogens is 2. The van der Waals surface area contributed by atoms with E-state index in [1.54, 1.807) is 24.3 Å². The lowest BCUT2D eigenvalue weighted by Crippen LogP contribution is -2.28. The molecule has 0 aliphatic rings. The molecule has 8 heteroatoms. The molecule has 2 rings (SSSR count). The molecule has 0 saturated carbocycles. The van der Waals surface area contributed by atoms with Gasteiger partial charge >= 0.3 is 6.61 Å². The first-order valence-corrected chi connectivity index (χ1v) is 8.63. The van der Waals surface area contributed by atoms with Crippen molar-refractivity contribution in [2.75, 3.05) is 19.0 Å². The smallest absolute Gasteiger partial charge is 0.387 e. The SMILES string of the molecule is COc1cc(C(=O)Nc2ccccc2C(=O)NCC(C)C)ccc1OC(F)F. The van der Waals surface area contributed by atoms with E-state index in [9.17, 15) is 18.4 Å². The highest BCUT2D eigenvalue weighted by Crippen LogP contribution is 2.30. The van der Waals surface area contributed by atoms with Gasteiger partial charge in [-0.2, -0.15) is 8.78 Å². The predicted octanol–water partition coefficient (Wildman–Crippen LogP) is 3.93. The van der Waals surface area contributed by atoms with Crippen molar-refractivity contribution in [1.29, 1.82) is 0 Å². The maximum Gasteiger partial charge on any atom is 0.387 e. The molecule has 0 aliphatic heterocycles. The summed E-state index contributed by atoms with van der Waals surface area (Å²) in [7, 11) is 1.28. The summed E-state index contributed by atoms with van der Waals surface area (Å²) in [6.07, 6.45) is 0. The van der Waals surface area contributed by atoms with Crippen molar-refractivity contribution in [3.05, 3.63) is 53.6 Å². The van der Waals surface area contributed by atoms with Gasteiger partial charge in [0.15, 0.2) is 11.5 Å². The lowest BCUT2D eigenvalue weighted by atomic mass is 10.1. The number of hydrogen-bond acceptors (Lipinski definition) is 4. The van der Waals surface area contributed by atoms with Crippen molar-refractivity contribution < 1.29 is 27.8 Å². The summed E-state index contributed by atoms with van der Waals surface area (Å²) in [4.78, 5) is 24.9. The summed E-state index contributed by atoms with van der Waals surface area (Å²) < 4.78 is 34.2. The number of carbonyl (C=O) groups excluding carboxylic acids is 2. The molecule has 0 bridgehead atoms. The Kier molecular flexibility index (Phi) is 7.31. The van der Waals surface area contributed by atoms with E-state index in [1.165, 1.54) is 25.3 Å². The lowest BCUT2D eigenvalue weighted by Gasteiger charge is -2.14. The molecule has 2 N–H and O–H groups in total. The number of nitrogens with one attached hydrogen (secondary N) is 2. The highest BCUT2D eigenvalue weighted by molar-refractivity contribution is 6.09. The first kappa shape index (κ1) is 21.1. The standard InChI is InChI=1S/C20H22F2N2O4/c1-12(2)11-23-19(26)14-6-4-5-7-15(14)24-18(25)13-8-9-16(28-20(21)22)17(10-13)27-3/h4-10,12,20H,11H2,1-3H3,(H,23,26)(H,24,25). The van der Waals surface area contributed by atoms with Gasteiger partial charge in [-0.25, -0.2) is 0 Å². The van der Waals surface area contributed by atoms with Crippen LogP contribution in [-0.4, -0.2) is 32.1 Å². The molecule has 0 spiro atoms. The molecule has 0 aromatic heterocycles. The van der Waals surface area contributed by atoms with Crippen LogP contribution in [0.5, 0.6) is 11.5 Å². The number of anilines is 1. The average Bonchev–Trinajstić information content (AvgIpc) is 2.66. The zero-order valence-corrected chi connectivity index (χ0v) is 15.8. The summed E-state index contributed by atoms with van der Waals surface area (Å²) in [6.45, 7) is 1.44. The van der Waals surface area contributed by atoms with Crippen molar-refractivity contribution in [3.63, 3.8) is 0 Å². The highest BCUT2D eigenvalue weighted by Gasteiger charge is 2.17. The molecule has 150 valence electrons. The van der Waals surface area contributed by atoms with Crippen LogP contribution < -0.4 is 20.1 Å². The van der Waals surface area contributed by atoms with Crippen LogP contribution in [0.3, 0.4) is 0 Å². The summed E-state index contributed by atoms with van der Waals surface area (Å²) in [5, 5.41) is 5.46. The van der Waals surface area contributed by atoms with Gasteiger partial charge in [0, 0.05) is 12.1 Å². The number of para-hydroxylation sites is 1. The summed E-state index contributed by atoms with van der Waals surface area (Å²) in [5.74, 6) is -0.723. The van der Waals surface area contributed by atoms with E-state index in [0.717, 1.165) is 0 Å². The number of carbonyl (C=O) groups is 2. The van der Waals surface area contributed by atoms with Gasteiger partial charge in [-0.3, -0.25) is 9.59 Å². The van der Waals surface area contributed by atoms with E-state index in [0.29, 0.717) is 17.8 Å². The van der Waals surface area contributed by atoms with Crippen molar-refractivity contribution in [2.24, 2.45) is 5.92 Å². The second-order valence-corrected chi connectivity index (χ2v) is 6.35. The quantitative estimate of drug-likeness (QED) is 0.714. The summed E-state index contributed by atoms with van der Waals surface area (Å²) >= 11 is 0. The molecule has 0 atom stereocenters. The molecule has 0 heterocycles. The topological polar surface area (TPSA) is 76.7 Å². The largest absolute Gasteiger partial charge is 0.493 e. The number of rotatable bonds is 8. The van der Waals surface area contributed by atoms with Crippen LogP contribution in [0.4, 0.5) is 14.5 Å². The molecular formula is C20H22F2N2O4. The van der Waals surface area contributed by atoms with Crippen LogP contribution in [0.15, 0.2) is 42.5 Å². The fourth-order valence-corrected chi connectivity index (χ4v) is 2.38. The summed E-state index contributed by atoms with van der Waals surface area (Å²) in [5.41, 5.74) is 0.817. The van der Waals surface area contributed by atoms with E-state index in [1.807, 2.05) is 13.8 Å². The Labute approximate surface area is 161 Å². The van der Waals surface area contributed by atoms with Gasteiger partial charge < -0.3 is 20.1 Å². The first-order valence-electron chi connectivity index (χ1n) is 8.63. The van der Waals surface area contributed by atoms with Gasteiger partial charge in [0.25, 0.3) is 11.8 Å². The lowest BCUT2D eigenvalue weighted by molar-refractivity contribution is -0.0512. The number of methoxy groups -OCH3 is 1. The maximum atomic E-state index is 12.6. The molecule has 2 aromatic rings. The van der Waals surface area contributed by atoms with E-state index >= 15 is 0 Å². The van der Waals surface area contributed by atoms with E-state index in [4.69, 9.17) is 4.74 Å². The number of alkyl halides is 2. The third-order valence-corrected chi connectivity index (χ3v) is 3.73. The molecule has 2 amide bonds. The molecule has 0 aliphatic carbocycles. The second-order valence-electron chi connectivity index (χ2n) is 6.35. The Morgan fingerprint density at radius 2 is 1.75 bits per heavy atom.